The van der Waals surface area contributed by atoms with Crippen molar-refractivity contribution in [2.24, 2.45) is 0 Å². The van der Waals surface area contributed by atoms with Crippen molar-refractivity contribution in [3.8, 4) is 5.75 Å². The number of aromatic nitrogens is 2. The van der Waals surface area contributed by atoms with Crippen molar-refractivity contribution in [1.82, 2.24) is 9.97 Å². The first-order valence-electron chi connectivity index (χ1n) is 8.03. The molecule has 4 rings (SSSR count). The van der Waals surface area contributed by atoms with Gasteiger partial charge in [-0.25, -0.2) is 0 Å². The molecule has 1 aliphatic rings. The van der Waals surface area contributed by atoms with Crippen LogP contribution in [0.2, 0.25) is 0 Å². The maximum Gasteiger partial charge on any atom is 0.119 e. The second-order valence-corrected chi connectivity index (χ2v) is 6.06. The topological polar surface area (TPSA) is 58.5 Å². The van der Waals surface area contributed by atoms with Crippen LogP contribution >= 0.6 is 0 Å². The van der Waals surface area contributed by atoms with Gasteiger partial charge in [-0.05, 0) is 36.2 Å². The Morgan fingerprint density at radius 2 is 2.12 bits per heavy atom. The molecule has 5 nitrogen and oxygen atoms in total. The second-order valence-electron chi connectivity index (χ2n) is 6.06. The summed E-state index contributed by atoms with van der Waals surface area (Å²) in [4.78, 5) is 10.9. The van der Waals surface area contributed by atoms with Crippen molar-refractivity contribution in [2.75, 3.05) is 18.6 Å². The van der Waals surface area contributed by atoms with E-state index in [1.807, 2.05) is 42.7 Å². The number of hydrogen-bond donors (Lipinski definition) is 1. The Morgan fingerprint density at radius 1 is 1.21 bits per heavy atom. The third kappa shape index (κ3) is 2.57. The average Bonchev–Trinajstić information content (AvgIpc) is 3.03. The van der Waals surface area contributed by atoms with Crippen molar-refractivity contribution < 1.29 is 9.84 Å². The Bertz CT molecular complexity index is 863. The number of hydrogen-bond acceptors (Lipinski definition) is 5. The van der Waals surface area contributed by atoms with E-state index >= 15 is 0 Å². The average molecular weight is 321 g/mol. The summed E-state index contributed by atoms with van der Waals surface area (Å²) in [7, 11) is 1.67. The number of β-amino-alcohol motifs (C(OH)–C–C–N with tert-alkyl or cyclic N) is 1. The lowest BCUT2D eigenvalue weighted by atomic mass is 10.0. The lowest BCUT2D eigenvalue weighted by molar-refractivity contribution is 0.194. The Kier molecular flexibility index (Phi) is 3.78. The molecule has 122 valence electrons. The van der Waals surface area contributed by atoms with Crippen LogP contribution in [0.3, 0.4) is 0 Å². The first-order valence-corrected chi connectivity index (χ1v) is 8.03. The minimum absolute atomic E-state index is 0.0981. The number of aliphatic hydroxyl groups excluding tert-OH is 1. The predicted molar refractivity (Wildman–Crippen MR) is 93.2 cm³/mol. The molecular formula is C19H19N3O2. The standard InChI is InChI=1S/C19H19N3O2/c1-24-15-4-2-3-13(9-15)19-10-14(23)12-22(19)18-6-8-21-17-5-7-20-11-16(17)18/h2-9,11,14,19,23H,10,12H2,1H3. The van der Waals surface area contributed by atoms with E-state index in [2.05, 4.69) is 20.9 Å². The fourth-order valence-electron chi connectivity index (χ4n) is 3.47. The van der Waals surface area contributed by atoms with E-state index in [1.54, 1.807) is 13.3 Å². The monoisotopic (exact) mass is 321 g/mol. The molecule has 1 aliphatic heterocycles. The van der Waals surface area contributed by atoms with Gasteiger partial charge in [0.15, 0.2) is 0 Å². The van der Waals surface area contributed by atoms with Gasteiger partial charge in [0.05, 0.1) is 24.8 Å². The minimum Gasteiger partial charge on any atom is -0.497 e. The fourth-order valence-corrected chi connectivity index (χ4v) is 3.47. The molecule has 5 heteroatoms. The first kappa shape index (κ1) is 14.9. The van der Waals surface area contributed by atoms with Gasteiger partial charge in [0.2, 0.25) is 0 Å². The van der Waals surface area contributed by atoms with Gasteiger partial charge in [0.25, 0.3) is 0 Å². The molecule has 0 amide bonds. The van der Waals surface area contributed by atoms with Crippen molar-refractivity contribution in [2.45, 2.75) is 18.6 Å². The summed E-state index contributed by atoms with van der Waals surface area (Å²) in [6.07, 6.45) is 5.73. The number of anilines is 1. The van der Waals surface area contributed by atoms with E-state index in [4.69, 9.17) is 4.74 Å². The molecule has 0 saturated carbocycles. The van der Waals surface area contributed by atoms with Crippen LogP contribution in [0.1, 0.15) is 18.0 Å². The fraction of sp³-hybridized carbons (Fsp3) is 0.263. The number of methoxy groups -OCH3 is 1. The van der Waals surface area contributed by atoms with Crippen molar-refractivity contribution in [3.05, 3.63) is 60.6 Å². The van der Waals surface area contributed by atoms with Crippen LogP contribution in [0.15, 0.2) is 55.0 Å². The molecule has 3 heterocycles. The van der Waals surface area contributed by atoms with E-state index < -0.39 is 0 Å². The number of benzene rings is 1. The van der Waals surface area contributed by atoms with Gasteiger partial charge in [-0.2, -0.15) is 0 Å². The zero-order chi connectivity index (χ0) is 16.5. The lowest BCUT2D eigenvalue weighted by Gasteiger charge is -2.28. The minimum atomic E-state index is -0.360. The van der Waals surface area contributed by atoms with Crippen LogP contribution in [0.4, 0.5) is 5.69 Å². The zero-order valence-corrected chi connectivity index (χ0v) is 13.5. The molecule has 2 atom stereocenters. The second kappa shape index (κ2) is 6.09. The Morgan fingerprint density at radius 3 is 3.00 bits per heavy atom. The number of fused-ring (bicyclic) bond motifs is 1. The maximum absolute atomic E-state index is 10.3. The Labute approximate surface area is 140 Å². The molecular weight excluding hydrogens is 302 g/mol. The van der Waals surface area contributed by atoms with Crippen LogP contribution < -0.4 is 9.64 Å². The number of ether oxygens (including phenoxy) is 1. The molecule has 0 aliphatic carbocycles. The third-order valence-corrected chi connectivity index (χ3v) is 4.59. The van der Waals surface area contributed by atoms with Crippen LogP contribution in [0.5, 0.6) is 5.75 Å². The van der Waals surface area contributed by atoms with Crippen molar-refractivity contribution >= 4 is 16.6 Å². The number of aliphatic hydroxyl groups is 1. The molecule has 0 bridgehead atoms. The summed E-state index contributed by atoms with van der Waals surface area (Å²) < 4.78 is 5.35. The van der Waals surface area contributed by atoms with E-state index in [9.17, 15) is 5.11 Å². The molecule has 3 aromatic rings. The molecule has 1 fully saturated rings. The third-order valence-electron chi connectivity index (χ3n) is 4.59. The molecule has 1 saturated heterocycles. The number of nitrogens with zero attached hydrogens (tertiary/aromatic N) is 3. The van der Waals surface area contributed by atoms with Crippen molar-refractivity contribution in [3.63, 3.8) is 0 Å². The van der Waals surface area contributed by atoms with Crippen LogP contribution in [0, 0.1) is 0 Å². The summed E-state index contributed by atoms with van der Waals surface area (Å²) in [6, 6.07) is 12.0. The Balaban J connectivity index is 1.80. The summed E-state index contributed by atoms with van der Waals surface area (Å²) in [6.45, 7) is 0.593. The first-order chi connectivity index (χ1) is 11.8. The highest BCUT2D eigenvalue weighted by molar-refractivity contribution is 5.91. The molecule has 2 aromatic heterocycles. The van der Waals surface area contributed by atoms with Gasteiger partial charge >= 0.3 is 0 Å². The van der Waals surface area contributed by atoms with Crippen LogP contribution in [-0.4, -0.2) is 34.8 Å². The highest BCUT2D eigenvalue weighted by atomic mass is 16.5. The van der Waals surface area contributed by atoms with Gasteiger partial charge < -0.3 is 14.7 Å². The highest BCUT2D eigenvalue weighted by Crippen LogP contribution is 2.39. The van der Waals surface area contributed by atoms with E-state index in [-0.39, 0.29) is 12.1 Å². The van der Waals surface area contributed by atoms with E-state index in [0.29, 0.717) is 13.0 Å². The summed E-state index contributed by atoms with van der Waals surface area (Å²) >= 11 is 0. The summed E-state index contributed by atoms with van der Waals surface area (Å²) in [5.74, 6) is 0.829. The molecule has 2 unspecified atom stereocenters. The molecule has 24 heavy (non-hydrogen) atoms. The van der Waals surface area contributed by atoms with Gasteiger partial charge in [-0.1, -0.05) is 12.1 Å². The Hall–Kier alpha value is -2.66. The van der Waals surface area contributed by atoms with Crippen LogP contribution in [0.25, 0.3) is 10.9 Å². The summed E-state index contributed by atoms with van der Waals surface area (Å²) in [5.41, 5.74) is 3.10. The molecule has 1 aromatic carbocycles. The summed E-state index contributed by atoms with van der Waals surface area (Å²) in [5, 5.41) is 11.3. The van der Waals surface area contributed by atoms with E-state index in [0.717, 1.165) is 27.9 Å². The van der Waals surface area contributed by atoms with E-state index in [1.165, 1.54) is 0 Å². The van der Waals surface area contributed by atoms with Crippen LogP contribution in [-0.2, 0) is 0 Å². The smallest absolute Gasteiger partial charge is 0.119 e. The molecule has 0 radical (unpaired) electrons. The SMILES string of the molecule is COc1cccc(C2CC(O)CN2c2ccnc3ccncc23)c1. The van der Waals surface area contributed by atoms with Gasteiger partial charge in [0.1, 0.15) is 5.75 Å². The van der Waals surface area contributed by atoms with Gasteiger partial charge in [-0.3, -0.25) is 9.97 Å². The largest absolute Gasteiger partial charge is 0.497 e. The molecule has 1 N–H and O–H groups in total. The van der Waals surface area contributed by atoms with Crippen molar-refractivity contribution in [1.29, 1.82) is 0 Å². The number of pyridine rings is 2. The number of rotatable bonds is 3. The van der Waals surface area contributed by atoms with Gasteiger partial charge in [-0.15, -0.1) is 0 Å². The zero-order valence-electron chi connectivity index (χ0n) is 13.5. The molecule has 0 spiro atoms. The van der Waals surface area contributed by atoms with Gasteiger partial charge in [0, 0.05) is 36.2 Å². The lowest BCUT2D eigenvalue weighted by Crippen LogP contribution is -2.24. The predicted octanol–water partition coefficient (Wildman–Crippen LogP) is 2.95. The maximum atomic E-state index is 10.3. The quantitative estimate of drug-likeness (QED) is 0.804. The normalized spacial score (nSPS) is 20.5. The highest BCUT2D eigenvalue weighted by Gasteiger charge is 2.33.